The van der Waals surface area contributed by atoms with Gasteiger partial charge in [0.05, 0.1) is 7.11 Å². The summed E-state index contributed by atoms with van der Waals surface area (Å²) >= 11 is 3.25. The van der Waals surface area contributed by atoms with Gasteiger partial charge in [0.2, 0.25) is 0 Å². The molecule has 0 radical (unpaired) electrons. The molecular weight excluding hydrogens is 210 g/mol. The molecule has 0 N–H and O–H groups in total. The quantitative estimate of drug-likeness (QED) is 0.708. The Bertz CT molecular complexity index is 319. The third-order valence-corrected chi connectivity index (χ3v) is 1.77. The molecule has 4 heteroatoms. The first-order valence-electron chi connectivity index (χ1n) is 3.05. The number of halogens is 1. The standard InChI is InChI=1S/C7H8BrNO2/c1-9-4-5(8)3-6(11-2)7(9)10/h3-4H,1-2H3. The molecule has 1 heterocycles. The Morgan fingerprint density at radius 2 is 2.27 bits per heavy atom. The molecule has 0 aliphatic carbocycles. The minimum Gasteiger partial charge on any atom is -0.491 e. The molecule has 3 nitrogen and oxygen atoms in total. The molecule has 0 saturated carbocycles. The van der Waals surface area contributed by atoms with Crippen molar-refractivity contribution in [1.29, 1.82) is 0 Å². The van der Waals surface area contributed by atoms with Crippen LogP contribution in [0.4, 0.5) is 0 Å². The molecule has 0 aliphatic heterocycles. The van der Waals surface area contributed by atoms with Gasteiger partial charge in [0.25, 0.3) is 5.56 Å². The summed E-state index contributed by atoms with van der Waals surface area (Å²) in [5, 5.41) is 0. The van der Waals surface area contributed by atoms with Crippen LogP contribution in [0, 0.1) is 0 Å². The van der Waals surface area contributed by atoms with Crippen molar-refractivity contribution in [2.75, 3.05) is 7.11 Å². The van der Waals surface area contributed by atoms with Crippen LogP contribution in [-0.2, 0) is 7.05 Å². The number of aromatic nitrogens is 1. The summed E-state index contributed by atoms with van der Waals surface area (Å²) in [6, 6.07) is 1.64. The molecular formula is C7H8BrNO2. The maximum atomic E-state index is 11.2. The number of hydrogen-bond acceptors (Lipinski definition) is 2. The van der Waals surface area contributed by atoms with Gasteiger partial charge in [0.15, 0.2) is 5.75 Å². The Labute approximate surface area is 72.7 Å². The van der Waals surface area contributed by atoms with Gasteiger partial charge in [0.1, 0.15) is 0 Å². The Hall–Kier alpha value is -0.770. The minimum atomic E-state index is -0.129. The second-order valence-corrected chi connectivity index (χ2v) is 3.06. The van der Waals surface area contributed by atoms with Crippen LogP contribution in [0.3, 0.4) is 0 Å². The summed E-state index contributed by atoms with van der Waals surface area (Å²) in [5.74, 6) is 0.349. The van der Waals surface area contributed by atoms with Crippen molar-refractivity contribution in [3.05, 3.63) is 27.1 Å². The van der Waals surface area contributed by atoms with E-state index in [0.717, 1.165) is 4.47 Å². The number of nitrogens with zero attached hydrogens (tertiary/aromatic N) is 1. The van der Waals surface area contributed by atoms with Crippen molar-refractivity contribution in [3.63, 3.8) is 0 Å². The molecule has 0 unspecified atom stereocenters. The third-order valence-electron chi connectivity index (χ3n) is 1.34. The number of ether oxygens (including phenoxy) is 1. The van der Waals surface area contributed by atoms with Crippen molar-refractivity contribution >= 4 is 15.9 Å². The molecule has 1 aromatic heterocycles. The highest BCUT2D eigenvalue weighted by Crippen LogP contribution is 2.12. The average Bonchev–Trinajstić information content (AvgIpc) is 1.96. The van der Waals surface area contributed by atoms with Crippen molar-refractivity contribution in [2.45, 2.75) is 0 Å². The maximum Gasteiger partial charge on any atom is 0.292 e. The topological polar surface area (TPSA) is 31.2 Å². The van der Waals surface area contributed by atoms with E-state index < -0.39 is 0 Å². The average molecular weight is 218 g/mol. The van der Waals surface area contributed by atoms with E-state index in [4.69, 9.17) is 4.74 Å². The van der Waals surface area contributed by atoms with E-state index in [1.54, 1.807) is 19.3 Å². The Kier molecular flexibility index (Phi) is 2.34. The van der Waals surface area contributed by atoms with Crippen LogP contribution >= 0.6 is 15.9 Å². The first-order chi connectivity index (χ1) is 5.15. The van der Waals surface area contributed by atoms with Gasteiger partial charge in [-0.15, -0.1) is 0 Å². The highest BCUT2D eigenvalue weighted by atomic mass is 79.9. The van der Waals surface area contributed by atoms with E-state index in [9.17, 15) is 4.79 Å². The van der Waals surface area contributed by atoms with E-state index in [1.807, 2.05) is 0 Å². The molecule has 0 fully saturated rings. The zero-order chi connectivity index (χ0) is 8.43. The van der Waals surface area contributed by atoms with Gasteiger partial charge < -0.3 is 9.30 Å². The Morgan fingerprint density at radius 1 is 1.64 bits per heavy atom. The van der Waals surface area contributed by atoms with Gasteiger partial charge >= 0.3 is 0 Å². The minimum absolute atomic E-state index is 0.129. The van der Waals surface area contributed by atoms with Crippen molar-refractivity contribution < 1.29 is 4.74 Å². The molecule has 1 aromatic rings. The van der Waals surface area contributed by atoms with Crippen LogP contribution in [0.15, 0.2) is 21.5 Å². The van der Waals surface area contributed by atoms with Crippen molar-refractivity contribution in [3.8, 4) is 5.75 Å². The molecule has 11 heavy (non-hydrogen) atoms. The molecule has 0 amide bonds. The van der Waals surface area contributed by atoms with Gasteiger partial charge in [-0.3, -0.25) is 4.79 Å². The molecule has 0 saturated heterocycles. The molecule has 0 aliphatic rings. The van der Waals surface area contributed by atoms with E-state index in [2.05, 4.69) is 15.9 Å². The Morgan fingerprint density at radius 3 is 2.82 bits per heavy atom. The first kappa shape index (κ1) is 8.33. The fourth-order valence-electron chi connectivity index (χ4n) is 0.788. The highest BCUT2D eigenvalue weighted by Gasteiger charge is 2.01. The fraction of sp³-hybridized carbons (Fsp3) is 0.286. The summed E-state index contributed by atoms with van der Waals surface area (Å²) < 4.78 is 7.13. The normalized spacial score (nSPS) is 9.73. The van der Waals surface area contributed by atoms with Gasteiger partial charge in [-0.2, -0.15) is 0 Å². The zero-order valence-electron chi connectivity index (χ0n) is 6.30. The van der Waals surface area contributed by atoms with Crippen LogP contribution in [-0.4, -0.2) is 11.7 Å². The lowest BCUT2D eigenvalue weighted by molar-refractivity contribution is 0.404. The second-order valence-electron chi connectivity index (χ2n) is 2.14. The summed E-state index contributed by atoms with van der Waals surface area (Å²) in [6.45, 7) is 0. The number of methoxy groups -OCH3 is 1. The van der Waals surface area contributed by atoms with Gasteiger partial charge in [-0.1, -0.05) is 0 Å². The lowest BCUT2D eigenvalue weighted by Gasteiger charge is -2.02. The lowest BCUT2D eigenvalue weighted by Crippen LogP contribution is -2.17. The number of pyridine rings is 1. The molecule has 0 spiro atoms. The Balaban J connectivity index is 3.37. The van der Waals surface area contributed by atoms with Crippen LogP contribution < -0.4 is 10.3 Å². The predicted octanol–water partition coefficient (Wildman–Crippen LogP) is 1.16. The summed E-state index contributed by atoms with van der Waals surface area (Å²) in [4.78, 5) is 11.2. The van der Waals surface area contributed by atoms with E-state index in [0.29, 0.717) is 5.75 Å². The maximum absolute atomic E-state index is 11.2. The monoisotopic (exact) mass is 217 g/mol. The van der Waals surface area contributed by atoms with Crippen molar-refractivity contribution in [1.82, 2.24) is 4.57 Å². The van der Waals surface area contributed by atoms with E-state index >= 15 is 0 Å². The smallest absolute Gasteiger partial charge is 0.292 e. The van der Waals surface area contributed by atoms with Crippen LogP contribution in [0.2, 0.25) is 0 Å². The van der Waals surface area contributed by atoms with Crippen LogP contribution in [0.5, 0.6) is 5.75 Å². The van der Waals surface area contributed by atoms with Crippen LogP contribution in [0.25, 0.3) is 0 Å². The summed E-state index contributed by atoms with van der Waals surface area (Å²) in [5.41, 5.74) is -0.129. The van der Waals surface area contributed by atoms with Crippen LogP contribution in [0.1, 0.15) is 0 Å². The van der Waals surface area contributed by atoms with E-state index in [1.165, 1.54) is 11.7 Å². The largest absolute Gasteiger partial charge is 0.491 e. The van der Waals surface area contributed by atoms with Gasteiger partial charge in [-0.25, -0.2) is 0 Å². The summed E-state index contributed by atoms with van der Waals surface area (Å²) in [6.07, 6.45) is 1.69. The lowest BCUT2D eigenvalue weighted by atomic mass is 10.4. The number of aryl methyl sites for hydroxylation is 1. The molecule has 0 aromatic carbocycles. The first-order valence-corrected chi connectivity index (χ1v) is 3.84. The molecule has 1 rings (SSSR count). The highest BCUT2D eigenvalue weighted by molar-refractivity contribution is 9.10. The number of hydrogen-bond donors (Lipinski definition) is 0. The van der Waals surface area contributed by atoms with E-state index in [-0.39, 0.29) is 5.56 Å². The van der Waals surface area contributed by atoms with Crippen molar-refractivity contribution in [2.24, 2.45) is 7.05 Å². The molecule has 60 valence electrons. The van der Waals surface area contributed by atoms with Gasteiger partial charge in [-0.05, 0) is 15.9 Å². The second kappa shape index (κ2) is 3.09. The molecule has 0 bridgehead atoms. The molecule has 0 atom stereocenters. The summed E-state index contributed by atoms with van der Waals surface area (Å²) in [7, 11) is 3.15. The third kappa shape index (κ3) is 1.63. The SMILES string of the molecule is COc1cc(Br)cn(C)c1=O. The fourth-order valence-corrected chi connectivity index (χ4v) is 1.30. The predicted molar refractivity (Wildman–Crippen MR) is 45.9 cm³/mol. The zero-order valence-corrected chi connectivity index (χ0v) is 7.88. The van der Waals surface area contributed by atoms with Gasteiger partial charge in [0, 0.05) is 23.8 Å². The number of rotatable bonds is 1.